The molecule has 5 nitrogen and oxygen atoms in total. The molecule has 3 N–H and O–H groups in total. The molecule has 2 atom stereocenters. The molecule has 1 aromatic heterocycles. The predicted molar refractivity (Wildman–Crippen MR) is 65.5 cm³/mol. The smallest absolute Gasteiger partial charge is 0.252 e. The van der Waals surface area contributed by atoms with Gasteiger partial charge in [0, 0.05) is 11.4 Å². The summed E-state index contributed by atoms with van der Waals surface area (Å²) < 4.78 is 22.5. The molecule has 0 bridgehead atoms. The summed E-state index contributed by atoms with van der Waals surface area (Å²) >= 11 is 0.986. The summed E-state index contributed by atoms with van der Waals surface area (Å²) in [7, 11) is -3.73. The molecule has 1 amide bonds. The first-order chi connectivity index (χ1) is 7.80. The summed E-state index contributed by atoms with van der Waals surface area (Å²) in [4.78, 5) is 11.9. The van der Waals surface area contributed by atoms with Crippen molar-refractivity contribution in [3.8, 4) is 0 Å². The number of carbonyl (C=O) groups is 1. The van der Waals surface area contributed by atoms with Crippen LogP contribution < -0.4 is 10.5 Å². The number of nitrogens with two attached hydrogens (primary N) is 1. The van der Waals surface area contributed by atoms with Crippen LogP contribution in [-0.4, -0.2) is 20.4 Å². The second-order valence-electron chi connectivity index (χ2n) is 4.40. The van der Waals surface area contributed by atoms with Gasteiger partial charge in [-0.05, 0) is 24.8 Å². The lowest BCUT2D eigenvalue weighted by Crippen LogP contribution is -2.26. The Morgan fingerprint density at radius 1 is 1.59 bits per heavy atom. The van der Waals surface area contributed by atoms with Gasteiger partial charge in [0.1, 0.15) is 4.21 Å². The van der Waals surface area contributed by atoms with E-state index < -0.39 is 10.0 Å². The van der Waals surface area contributed by atoms with Crippen molar-refractivity contribution in [1.29, 1.82) is 0 Å². The zero-order valence-electron chi connectivity index (χ0n) is 9.56. The van der Waals surface area contributed by atoms with E-state index in [1.807, 2.05) is 0 Å². The first kappa shape index (κ1) is 12.5. The van der Waals surface area contributed by atoms with Gasteiger partial charge >= 0.3 is 0 Å². The minimum absolute atomic E-state index is 0.0616. The third kappa shape index (κ3) is 2.51. The highest BCUT2D eigenvalue weighted by Crippen LogP contribution is 2.30. The van der Waals surface area contributed by atoms with Gasteiger partial charge in [-0.1, -0.05) is 6.92 Å². The van der Waals surface area contributed by atoms with Gasteiger partial charge in [-0.15, -0.1) is 11.3 Å². The number of thiophene rings is 1. The molecule has 1 heterocycles. The zero-order valence-corrected chi connectivity index (χ0v) is 11.2. The Morgan fingerprint density at radius 2 is 2.18 bits per heavy atom. The molecule has 1 aromatic rings. The molecule has 1 aliphatic carbocycles. The van der Waals surface area contributed by atoms with E-state index in [0.29, 0.717) is 17.0 Å². The van der Waals surface area contributed by atoms with E-state index in [0.717, 1.165) is 17.8 Å². The van der Waals surface area contributed by atoms with Crippen molar-refractivity contribution < 1.29 is 13.2 Å². The van der Waals surface area contributed by atoms with Gasteiger partial charge in [-0.2, -0.15) is 0 Å². The van der Waals surface area contributed by atoms with Gasteiger partial charge < -0.3 is 5.32 Å². The van der Waals surface area contributed by atoms with Crippen molar-refractivity contribution in [2.24, 2.45) is 11.1 Å². The summed E-state index contributed by atoms with van der Waals surface area (Å²) in [5, 5.41) is 9.45. The molecule has 0 saturated heterocycles. The van der Waals surface area contributed by atoms with Crippen LogP contribution in [0.4, 0.5) is 0 Å². The van der Waals surface area contributed by atoms with E-state index in [2.05, 4.69) is 12.2 Å². The molecule has 7 heteroatoms. The number of primary sulfonamides is 1. The Balaban J connectivity index is 2.22. The van der Waals surface area contributed by atoms with E-state index in [1.54, 1.807) is 6.92 Å². The maximum atomic E-state index is 11.9. The van der Waals surface area contributed by atoms with Crippen LogP contribution in [0.15, 0.2) is 9.59 Å². The summed E-state index contributed by atoms with van der Waals surface area (Å²) in [5.41, 5.74) is 0.835. The average molecular weight is 274 g/mol. The molecule has 2 rings (SSSR count). The fourth-order valence-corrected chi connectivity index (χ4v) is 3.69. The summed E-state index contributed by atoms with van der Waals surface area (Å²) in [5.74, 6) is 0.290. The Labute approximate surface area is 104 Å². The maximum absolute atomic E-state index is 11.9. The van der Waals surface area contributed by atoms with Crippen LogP contribution in [0.3, 0.4) is 0 Å². The molecular formula is C10H14N2O3S2. The van der Waals surface area contributed by atoms with Gasteiger partial charge in [0.05, 0.1) is 5.56 Å². The van der Waals surface area contributed by atoms with Crippen LogP contribution in [0.25, 0.3) is 0 Å². The first-order valence-electron chi connectivity index (χ1n) is 5.22. The number of hydrogen-bond acceptors (Lipinski definition) is 4. The van der Waals surface area contributed by atoms with Gasteiger partial charge in [0.15, 0.2) is 0 Å². The summed E-state index contributed by atoms with van der Waals surface area (Å²) in [6.45, 7) is 3.66. The Kier molecular flexibility index (Phi) is 3.01. The molecule has 0 radical (unpaired) electrons. The molecule has 1 aliphatic rings. The predicted octanol–water partition coefficient (Wildman–Crippen LogP) is 0.842. The molecule has 2 unspecified atom stereocenters. The Bertz CT molecular complexity index is 562. The zero-order chi connectivity index (χ0) is 12.8. The quantitative estimate of drug-likeness (QED) is 0.856. The number of carbonyl (C=O) groups excluding carboxylic acids is 1. The highest BCUT2D eigenvalue weighted by molar-refractivity contribution is 7.91. The van der Waals surface area contributed by atoms with Crippen molar-refractivity contribution in [2.45, 2.75) is 30.5 Å². The standard InChI is InChI=1S/C10H14N2O3S2/c1-5-3-8(5)12-9(13)7-4-16-10(6(7)2)17(11,14)15/h4-5,8H,3H2,1-2H3,(H,12,13)(H2,11,14,15). The highest BCUT2D eigenvalue weighted by Gasteiger charge is 2.34. The Morgan fingerprint density at radius 3 is 2.59 bits per heavy atom. The van der Waals surface area contributed by atoms with Crippen molar-refractivity contribution in [3.05, 3.63) is 16.5 Å². The minimum Gasteiger partial charge on any atom is -0.349 e. The van der Waals surface area contributed by atoms with Crippen LogP contribution in [0.1, 0.15) is 29.3 Å². The van der Waals surface area contributed by atoms with E-state index >= 15 is 0 Å². The largest absolute Gasteiger partial charge is 0.349 e. The van der Waals surface area contributed by atoms with Crippen LogP contribution in [0, 0.1) is 12.8 Å². The molecule has 94 valence electrons. The van der Waals surface area contributed by atoms with Crippen molar-refractivity contribution in [3.63, 3.8) is 0 Å². The molecule has 17 heavy (non-hydrogen) atoms. The summed E-state index contributed by atoms with van der Waals surface area (Å²) in [6, 6.07) is 0.222. The molecule has 0 spiro atoms. The maximum Gasteiger partial charge on any atom is 0.252 e. The lowest BCUT2D eigenvalue weighted by molar-refractivity contribution is 0.0949. The second-order valence-corrected chi connectivity index (χ2v) is 7.04. The average Bonchev–Trinajstić information content (AvgIpc) is 2.73. The number of nitrogens with one attached hydrogen (secondary N) is 1. The van der Waals surface area contributed by atoms with E-state index in [-0.39, 0.29) is 16.2 Å². The van der Waals surface area contributed by atoms with Crippen LogP contribution in [0.2, 0.25) is 0 Å². The normalized spacial score (nSPS) is 23.5. The summed E-state index contributed by atoms with van der Waals surface area (Å²) in [6.07, 6.45) is 0.983. The van der Waals surface area contributed by atoms with E-state index in [1.165, 1.54) is 5.38 Å². The first-order valence-corrected chi connectivity index (χ1v) is 7.65. The molecule has 1 fully saturated rings. The number of rotatable bonds is 3. The van der Waals surface area contributed by atoms with Gasteiger partial charge in [0.2, 0.25) is 10.0 Å². The minimum atomic E-state index is -3.73. The highest BCUT2D eigenvalue weighted by atomic mass is 32.2. The second kappa shape index (κ2) is 4.08. The third-order valence-corrected chi connectivity index (χ3v) is 5.61. The van der Waals surface area contributed by atoms with Gasteiger partial charge in [0.25, 0.3) is 5.91 Å². The van der Waals surface area contributed by atoms with Gasteiger partial charge in [-0.25, -0.2) is 13.6 Å². The fourth-order valence-electron chi connectivity index (χ4n) is 1.67. The number of sulfonamides is 1. The Hall–Kier alpha value is -0.920. The molecule has 1 saturated carbocycles. The van der Waals surface area contributed by atoms with Crippen LogP contribution in [0.5, 0.6) is 0 Å². The van der Waals surface area contributed by atoms with Gasteiger partial charge in [-0.3, -0.25) is 4.79 Å². The molecule has 0 aliphatic heterocycles. The lowest BCUT2D eigenvalue weighted by Gasteiger charge is -2.03. The van der Waals surface area contributed by atoms with Crippen molar-refractivity contribution >= 4 is 27.3 Å². The topological polar surface area (TPSA) is 89.3 Å². The SMILES string of the molecule is Cc1c(C(=O)NC2CC2C)csc1S(N)(=O)=O. The van der Waals surface area contributed by atoms with Crippen molar-refractivity contribution in [2.75, 3.05) is 0 Å². The fraction of sp³-hybridized carbons (Fsp3) is 0.500. The third-order valence-electron chi connectivity index (χ3n) is 2.92. The van der Waals surface area contributed by atoms with E-state index in [9.17, 15) is 13.2 Å². The van der Waals surface area contributed by atoms with E-state index in [4.69, 9.17) is 5.14 Å². The van der Waals surface area contributed by atoms with Crippen LogP contribution in [-0.2, 0) is 10.0 Å². The molecular weight excluding hydrogens is 260 g/mol. The lowest BCUT2D eigenvalue weighted by atomic mass is 10.2. The number of hydrogen-bond donors (Lipinski definition) is 2. The van der Waals surface area contributed by atoms with Crippen LogP contribution >= 0.6 is 11.3 Å². The number of amides is 1. The molecule has 0 aromatic carbocycles. The monoisotopic (exact) mass is 274 g/mol. The van der Waals surface area contributed by atoms with Crippen molar-refractivity contribution in [1.82, 2.24) is 5.32 Å².